The van der Waals surface area contributed by atoms with Gasteiger partial charge in [-0.15, -0.1) is 0 Å². The van der Waals surface area contributed by atoms with Gasteiger partial charge in [-0.25, -0.2) is 4.98 Å². The summed E-state index contributed by atoms with van der Waals surface area (Å²) in [4.78, 5) is 32.5. The molecule has 38 heavy (non-hydrogen) atoms. The van der Waals surface area contributed by atoms with Gasteiger partial charge in [0.1, 0.15) is 23.4 Å². The second kappa shape index (κ2) is 10.6. The molecule has 1 N–H and O–H groups in total. The lowest BCUT2D eigenvalue weighted by molar-refractivity contribution is -0.132. The number of unbranched alkanes of at least 4 members (excludes halogenated alkanes) is 1. The van der Waals surface area contributed by atoms with E-state index in [4.69, 9.17) is 14.2 Å². The van der Waals surface area contributed by atoms with Crippen molar-refractivity contribution in [2.45, 2.75) is 45.3 Å². The monoisotopic (exact) mass is 514 g/mol. The summed E-state index contributed by atoms with van der Waals surface area (Å²) in [6.45, 7) is 4.60. The maximum absolute atomic E-state index is 13.5. The lowest BCUT2D eigenvalue weighted by Crippen LogP contribution is -2.30. The van der Waals surface area contributed by atoms with E-state index in [-0.39, 0.29) is 17.4 Å². The number of hydrogen-bond donors (Lipinski definition) is 1. The number of aliphatic hydroxyl groups is 1. The number of carbonyl (C=O) groups excluding carboxylic acids is 2. The van der Waals surface area contributed by atoms with Crippen LogP contribution in [-0.2, 0) is 16.0 Å². The van der Waals surface area contributed by atoms with E-state index in [1.165, 1.54) is 12.0 Å². The molecule has 1 amide bonds. The standard InChI is InChI=1S/C30H30N2O6/c1-4-5-14-37-23-12-9-19(17-24(23)36-3)27-26(29(34)30(35)32(27)25-8-6-7-13-31-25)28(33)20-10-11-22-21(16-20)15-18(2)38-22/h6-13,16-18,27,33H,4-5,14-15H2,1-3H3/b28-26+. The number of benzene rings is 2. The van der Waals surface area contributed by atoms with E-state index < -0.39 is 17.7 Å². The molecule has 8 heteroatoms. The number of carbonyl (C=O) groups is 2. The van der Waals surface area contributed by atoms with E-state index in [1.807, 2.05) is 13.0 Å². The van der Waals surface area contributed by atoms with Gasteiger partial charge in [-0.1, -0.05) is 25.5 Å². The van der Waals surface area contributed by atoms with Crippen LogP contribution < -0.4 is 19.1 Å². The third kappa shape index (κ3) is 4.58. The summed E-state index contributed by atoms with van der Waals surface area (Å²) in [5.74, 6) is 0.276. The van der Waals surface area contributed by atoms with Crippen LogP contribution >= 0.6 is 0 Å². The van der Waals surface area contributed by atoms with Crippen molar-refractivity contribution in [1.29, 1.82) is 0 Å². The minimum absolute atomic E-state index is 0.0192. The number of fused-ring (bicyclic) bond motifs is 1. The fourth-order valence-electron chi connectivity index (χ4n) is 4.91. The quantitative estimate of drug-likeness (QED) is 0.190. The molecule has 8 nitrogen and oxygen atoms in total. The van der Waals surface area contributed by atoms with Gasteiger partial charge in [-0.3, -0.25) is 14.5 Å². The van der Waals surface area contributed by atoms with Crippen LogP contribution in [0.15, 0.2) is 66.4 Å². The van der Waals surface area contributed by atoms with E-state index >= 15 is 0 Å². The highest BCUT2D eigenvalue weighted by atomic mass is 16.5. The molecule has 0 aliphatic carbocycles. The number of hydrogen-bond acceptors (Lipinski definition) is 7. The topological polar surface area (TPSA) is 98.2 Å². The van der Waals surface area contributed by atoms with E-state index in [9.17, 15) is 14.7 Å². The molecule has 0 bridgehead atoms. The first-order valence-electron chi connectivity index (χ1n) is 12.8. The Labute approximate surface area is 221 Å². The lowest BCUT2D eigenvalue weighted by atomic mass is 9.94. The summed E-state index contributed by atoms with van der Waals surface area (Å²) in [7, 11) is 1.54. The van der Waals surface area contributed by atoms with Gasteiger partial charge in [-0.2, -0.15) is 0 Å². The van der Waals surface area contributed by atoms with Crippen LogP contribution in [0.25, 0.3) is 5.76 Å². The SMILES string of the molecule is CCCCOc1ccc(C2/C(=C(\O)c3ccc4c(c3)CC(C)O4)C(=O)C(=O)N2c2ccccn2)cc1OC. The Hall–Kier alpha value is -4.33. The number of ether oxygens (including phenoxy) is 3. The van der Waals surface area contributed by atoms with Crippen LogP contribution in [0.1, 0.15) is 49.4 Å². The van der Waals surface area contributed by atoms with Crippen molar-refractivity contribution in [1.82, 2.24) is 4.98 Å². The first-order valence-corrected chi connectivity index (χ1v) is 12.8. The molecular formula is C30H30N2O6. The zero-order valence-corrected chi connectivity index (χ0v) is 21.6. The van der Waals surface area contributed by atoms with E-state index in [2.05, 4.69) is 11.9 Å². The molecule has 1 aromatic heterocycles. The van der Waals surface area contributed by atoms with Gasteiger partial charge in [0.25, 0.3) is 5.78 Å². The molecule has 1 saturated heterocycles. The summed E-state index contributed by atoms with van der Waals surface area (Å²) < 4.78 is 17.2. The Morgan fingerprint density at radius 1 is 1.13 bits per heavy atom. The molecule has 0 saturated carbocycles. The summed E-state index contributed by atoms with van der Waals surface area (Å²) in [5.41, 5.74) is 1.94. The summed E-state index contributed by atoms with van der Waals surface area (Å²) in [6, 6.07) is 14.8. The fraction of sp³-hybridized carbons (Fsp3) is 0.300. The number of pyridine rings is 1. The van der Waals surface area contributed by atoms with Gasteiger partial charge >= 0.3 is 5.91 Å². The number of ketones is 1. The zero-order chi connectivity index (χ0) is 26.8. The number of nitrogens with zero attached hydrogens (tertiary/aromatic N) is 2. The Morgan fingerprint density at radius 2 is 1.97 bits per heavy atom. The predicted octanol–water partition coefficient (Wildman–Crippen LogP) is 5.22. The number of Topliss-reactive ketones (excluding diaryl/α,β-unsaturated/α-hetero) is 1. The highest BCUT2D eigenvalue weighted by molar-refractivity contribution is 6.51. The molecule has 2 aromatic carbocycles. The molecule has 2 unspecified atom stereocenters. The number of aromatic nitrogens is 1. The fourth-order valence-corrected chi connectivity index (χ4v) is 4.91. The van der Waals surface area contributed by atoms with Crippen molar-refractivity contribution in [3.05, 3.63) is 83.1 Å². The average Bonchev–Trinajstić information content (AvgIpc) is 3.44. The van der Waals surface area contributed by atoms with Crippen LogP contribution in [0, 0.1) is 0 Å². The average molecular weight is 515 g/mol. The number of methoxy groups -OCH3 is 1. The van der Waals surface area contributed by atoms with Gasteiger partial charge in [0, 0.05) is 18.2 Å². The van der Waals surface area contributed by atoms with Crippen molar-refractivity contribution in [3.8, 4) is 17.2 Å². The summed E-state index contributed by atoms with van der Waals surface area (Å²) in [6.07, 6.45) is 4.17. The molecule has 2 aliphatic rings. The molecule has 5 rings (SSSR count). The largest absolute Gasteiger partial charge is 0.507 e. The highest BCUT2D eigenvalue weighted by Crippen LogP contribution is 2.44. The summed E-state index contributed by atoms with van der Waals surface area (Å²) in [5, 5.41) is 11.5. The molecule has 3 aromatic rings. The minimum Gasteiger partial charge on any atom is -0.507 e. The van der Waals surface area contributed by atoms with Crippen LogP contribution in [-0.4, -0.2) is 41.6 Å². The lowest BCUT2D eigenvalue weighted by Gasteiger charge is -2.25. The third-order valence-corrected chi connectivity index (χ3v) is 6.77. The molecule has 0 radical (unpaired) electrons. The molecular weight excluding hydrogens is 484 g/mol. The number of anilines is 1. The van der Waals surface area contributed by atoms with Gasteiger partial charge in [-0.05, 0) is 66.9 Å². The molecule has 1 fully saturated rings. The molecule has 2 aliphatic heterocycles. The van der Waals surface area contributed by atoms with Crippen molar-refractivity contribution in [2.75, 3.05) is 18.6 Å². The highest BCUT2D eigenvalue weighted by Gasteiger charge is 2.47. The summed E-state index contributed by atoms with van der Waals surface area (Å²) >= 11 is 0. The Bertz CT molecular complexity index is 1400. The molecule has 0 spiro atoms. The molecule has 3 heterocycles. The van der Waals surface area contributed by atoms with Crippen molar-refractivity contribution < 1.29 is 28.9 Å². The van der Waals surface area contributed by atoms with Crippen LogP contribution in [0.5, 0.6) is 17.2 Å². The Morgan fingerprint density at radius 3 is 2.71 bits per heavy atom. The number of aliphatic hydroxyl groups excluding tert-OH is 1. The minimum atomic E-state index is -0.924. The second-order valence-electron chi connectivity index (χ2n) is 9.42. The predicted molar refractivity (Wildman–Crippen MR) is 143 cm³/mol. The van der Waals surface area contributed by atoms with Crippen LogP contribution in [0.4, 0.5) is 5.82 Å². The number of rotatable bonds is 8. The maximum atomic E-state index is 13.5. The normalized spacial score (nSPS) is 19.8. The first kappa shape index (κ1) is 25.3. The smallest absolute Gasteiger partial charge is 0.301 e. The Kier molecular flexibility index (Phi) is 7.05. The number of amides is 1. The second-order valence-corrected chi connectivity index (χ2v) is 9.42. The molecule has 196 valence electrons. The first-order chi connectivity index (χ1) is 18.4. The van der Waals surface area contributed by atoms with Crippen molar-refractivity contribution >= 4 is 23.3 Å². The van der Waals surface area contributed by atoms with Crippen molar-refractivity contribution in [3.63, 3.8) is 0 Å². The van der Waals surface area contributed by atoms with E-state index in [1.54, 1.807) is 54.7 Å². The Balaban J connectivity index is 1.64. The van der Waals surface area contributed by atoms with Crippen LogP contribution in [0.3, 0.4) is 0 Å². The van der Waals surface area contributed by atoms with Gasteiger partial charge in [0.05, 0.1) is 25.3 Å². The zero-order valence-electron chi connectivity index (χ0n) is 21.6. The van der Waals surface area contributed by atoms with Crippen LogP contribution in [0.2, 0.25) is 0 Å². The van der Waals surface area contributed by atoms with E-state index in [0.717, 1.165) is 24.2 Å². The van der Waals surface area contributed by atoms with Gasteiger partial charge < -0.3 is 19.3 Å². The van der Waals surface area contributed by atoms with Gasteiger partial charge in [0.15, 0.2) is 11.5 Å². The van der Waals surface area contributed by atoms with Gasteiger partial charge in [0.2, 0.25) is 0 Å². The maximum Gasteiger partial charge on any atom is 0.301 e. The van der Waals surface area contributed by atoms with Crippen molar-refractivity contribution in [2.24, 2.45) is 0 Å². The third-order valence-electron chi connectivity index (χ3n) is 6.77. The van der Waals surface area contributed by atoms with E-state index in [0.29, 0.717) is 41.5 Å². The molecule has 2 atom stereocenters.